The first-order valence-electron chi connectivity index (χ1n) is 6.99. The summed E-state index contributed by atoms with van der Waals surface area (Å²) in [5.41, 5.74) is 0.817. The summed E-state index contributed by atoms with van der Waals surface area (Å²) in [6, 6.07) is 5.90. The number of rotatable bonds is 5. The van der Waals surface area contributed by atoms with E-state index in [-0.39, 0.29) is 12.2 Å². The second-order valence-corrected chi connectivity index (χ2v) is 4.81. The topological polar surface area (TPSA) is 69.2 Å². The third kappa shape index (κ3) is 6.23. The van der Waals surface area contributed by atoms with E-state index in [9.17, 15) is 9.90 Å². The summed E-state index contributed by atoms with van der Waals surface area (Å²) in [5, 5.41) is 18.8. The number of benzene rings is 1. The number of hydrogen-bond donors (Lipinski definition) is 1. The third-order valence-corrected chi connectivity index (χ3v) is 2.97. The number of carboxylic acid groups (broad SMARTS) is 1. The summed E-state index contributed by atoms with van der Waals surface area (Å²) in [6.45, 7) is 3.29. The number of carbonyl (C=O) groups is 1. The van der Waals surface area contributed by atoms with Crippen molar-refractivity contribution in [2.75, 3.05) is 0 Å². The molecule has 0 aliphatic rings. The van der Waals surface area contributed by atoms with Gasteiger partial charge in [0.1, 0.15) is 12.4 Å². The molecule has 0 radical (unpaired) electrons. The number of aromatic nitrogens is 2. The Labute approximate surface area is 125 Å². The maximum absolute atomic E-state index is 10.2. The number of nitrogens with zero attached hydrogens (tertiary/aromatic N) is 2. The van der Waals surface area contributed by atoms with Crippen LogP contribution in [-0.4, -0.2) is 15.6 Å². The molecule has 114 valence electrons. The molecule has 1 heterocycles. The second-order valence-electron chi connectivity index (χ2n) is 4.81. The Kier molecular flexibility index (Phi) is 7.18. The third-order valence-electron chi connectivity index (χ3n) is 2.97. The average molecular weight is 290 g/mol. The Bertz CT molecular complexity index is 547. The van der Waals surface area contributed by atoms with E-state index in [0.29, 0.717) is 5.56 Å². The Balaban J connectivity index is 0.000000211. The molecule has 0 saturated heterocycles. The molecule has 0 fully saturated rings. The lowest BCUT2D eigenvalue weighted by Gasteiger charge is -2.01. The fourth-order valence-corrected chi connectivity index (χ4v) is 1.72. The molecule has 0 unspecified atom stereocenters. The lowest BCUT2D eigenvalue weighted by Crippen LogP contribution is -2.23. The van der Waals surface area contributed by atoms with Gasteiger partial charge in [0.2, 0.25) is 6.33 Å². The van der Waals surface area contributed by atoms with E-state index in [1.54, 1.807) is 12.1 Å². The molecule has 5 nitrogen and oxygen atoms in total. The molecule has 1 aromatic carbocycles. The van der Waals surface area contributed by atoms with Crippen molar-refractivity contribution in [1.29, 1.82) is 0 Å². The van der Waals surface area contributed by atoms with Gasteiger partial charge in [-0.3, -0.25) is 0 Å². The number of aryl methyl sites for hydroxylation is 2. The highest BCUT2D eigenvalue weighted by Crippen LogP contribution is 2.02. The van der Waals surface area contributed by atoms with Gasteiger partial charge in [0, 0.05) is 0 Å². The number of carboxylic acids is 1. The van der Waals surface area contributed by atoms with E-state index in [4.69, 9.17) is 5.11 Å². The van der Waals surface area contributed by atoms with Crippen LogP contribution in [-0.2, 0) is 20.2 Å². The highest BCUT2D eigenvalue weighted by Gasteiger charge is 1.96. The molecule has 0 saturated carbocycles. The van der Waals surface area contributed by atoms with Crippen LogP contribution in [0.1, 0.15) is 35.7 Å². The summed E-state index contributed by atoms with van der Waals surface area (Å²) in [6.07, 6.45) is 8.82. The molecule has 0 aliphatic heterocycles. The zero-order valence-corrected chi connectivity index (χ0v) is 12.5. The van der Waals surface area contributed by atoms with Crippen molar-refractivity contribution in [3.63, 3.8) is 0 Å². The largest absolute Gasteiger partial charge is 0.545 e. The number of carbonyl (C=O) groups excluding carboxylic acids is 1. The van der Waals surface area contributed by atoms with E-state index < -0.39 is 5.97 Å². The van der Waals surface area contributed by atoms with Gasteiger partial charge in [-0.05, 0) is 17.5 Å². The van der Waals surface area contributed by atoms with Crippen LogP contribution in [0.15, 0.2) is 43.0 Å². The fourth-order valence-electron chi connectivity index (χ4n) is 1.72. The lowest BCUT2D eigenvalue weighted by molar-refractivity contribution is -0.671. The van der Waals surface area contributed by atoms with E-state index >= 15 is 0 Å². The number of aromatic carboxylic acids is 1. The zero-order valence-electron chi connectivity index (χ0n) is 12.5. The number of hydrogen-bond acceptors (Lipinski definition) is 3. The summed E-state index contributed by atoms with van der Waals surface area (Å²) < 4.78 is 4.28. The van der Waals surface area contributed by atoms with Crippen molar-refractivity contribution in [3.8, 4) is 0 Å². The molecule has 2 aromatic rings. The van der Waals surface area contributed by atoms with Gasteiger partial charge in [0.15, 0.2) is 0 Å². The first kappa shape index (κ1) is 16.9. The van der Waals surface area contributed by atoms with Crippen molar-refractivity contribution in [1.82, 2.24) is 4.57 Å². The molecular weight excluding hydrogens is 268 g/mol. The fraction of sp³-hybridized carbons (Fsp3) is 0.375. The first-order valence-corrected chi connectivity index (χ1v) is 6.99. The standard InChI is InChI=1S/C8H15N2.C8H8O3/c1-3-4-5-10-7-6-9(2)8-10;9-5-6-1-3-7(4-2-6)8(10)11/h6-8H,3-5H2,1-2H3;1-4,9H,5H2,(H,10,11)/q+1;/p-1. The van der Waals surface area contributed by atoms with Gasteiger partial charge in [-0.15, -0.1) is 0 Å². The van der Waals surface area contributed by atoms with E-state index in [0.717, 1.165) is 6.54 Å². The van der Waals surface area contributed by atoms with Crippen molar-refractivity contribution in [2.24, 2.45) is 7.05 Å². The van der Waals surface area contributed by atoms with E-state index in [2.05, 4.69) is 34.8 Å². The zero-order chi connectivity index (χ0) is 15.7. The smallest absolute Gasteiger partial charge is 0.243 e. The van der Waals surface area contributed by atoms with Gasteiger partial charge in [-0.2, -0.15) is 0 Å². The van der Waals surface area contributed by atoms with Crippen molar-refractivity contribution in [3.05, 3.63) is 54.1 Å². The minimum atomic E-state index is -1.20. The van der Waals surface area contributed by atoms with Gasteiger partial charge in [0.05, 0.1) is 26.2 Å². The SMILES string of the molecule is CCCCn1cc[n+](C)c1.O=C([O-])c1ccc(CO)cc1. The van der Waals surface area contributed by atoms with Gasteiger partial charge in [-0.25, -0.2) is 9.13 Å². The number of aliphatic hydroxyl groups is 1. The van der Waals surface area contributed by atoms with E-state index in [1.165, 1.54) is 25.0 Å². The summed E-state index contributed by atoms with van der Waals surface area (Å²) >= 11 is 0. The number of unbranched alkanes of at least 4 members (excludes halogenated alkanes) is 1. The molecule has 2 rings (SSSR count). The molecule has 0 bridgehead atoms. The summed E-state index contributed by atoms with van der Waals surface area (Å²) in [7, 11) is 2.04. The van der Waals surface area contributed by atoms with Crippen LogP contribution in [0.2, 0.25) is 0 Å². The van der Waals surface area contributed by atoms with Crippen LogP contribution in [0.3, 0.4) is 0 Å². The van der Waals surface area contributed by atoms with Crippen molar-refractivity contribution >= 4 is 5.97 Å². The van der Waals surface area contributed by atoms with Crippen LogP contribution in [0.5, 0.6) is 0 Å². The Morgan fingerprint density at radius 3 is 2.43 bits per heavy atom. The van der Waals surface area contributed by atoms with Gasteiger partial charge >= 0.3 is 0 Å². The molecular formula is C16H22N2O3. The molecule has 0 amide bonds. The molecule has 0 spiro atoms. The van der Waals surface area contributed by atoms with Gasteiger partial charge < -0.3 is 15.0 Å². The minimum absolute atomic E-state index is 0.0761. The quantitative estimate of drug-likeness (QED) is 0.822. The van der Waals surface area contributed by atoms with Gasteiger partial charge in [0.25, 0.3) is 0 Å². The van der Waals surface area contributed by atoms with Crippen LogP contribution in [0.4, 0.5) is 0 Å². The molecule has 1 aromatic heterocycles. The molecule has 5 heteroatoms. The Morgan fingerprint density at radius 1 is 1.33 bits per heavy atom. The highest BCUT2D eigenvalue weighted by molar-refractivity contribution is 5.85. The average Bonchev–Trinajstić information content (AvgIpc) is 2.91. The minimum Gasteiger partial charge on any atom is -0.545 e. The lowest BCUT2D eigenvalue weighted by atomic mass is 10.1. The van der Waals surface area contributed by atoms with E-state index in [1.807, 2.05) is 7.05 Å². The molecule has 1 N–H and O–H groups in total. The predicted octanol–water partition coefficient (Wildman–Crippen LogP) is 0.655. The summed E-state index contributed by atoms with van der Waals surface area (Å²) in [4.78, 5) is 10.2. The molecule has 0 atom stereocenters. The van der Waals surface area contributed by atoms with Crippen LogP contribution < -0.4 is 9.67 Å². The second kappa shape index (κ2) is 8.92. The van der Waals surface area contributed by atoms with Crippen molar-refractivity contribution in [2.45, 2.75) is 32.9 Å². The maximum Gasteiger partial charge on any atom is 0.243 e. The number of imidazole rings is 1. The van der Waals surface area contributed by atoms with Crippen LogP contribution >= 0.6 is 0 Å². The molecule has 21 heavy (non-hydrogen) atoms. The normalized spacial score (nSPS) is 9.86. The first-order chi connectivity index (χ1) is 10.1. The Morgan fingerprint density at radius 2 is 2.00 bits per heavy atom. The monoisotopic (exact) mass is 290 g/mol. The predicted molar refractivity (Wildman–Crippen MR) is 77.2 cm³/mol. The number of aliphatic hydroxyl groups excluding tert-OH is 1. The Hall–Kier alpha value is -2.14. The maximum atomic E-state index is 10.2. The van der Waals surface area contributed by atoms with Crippen LogP contribution in [0.25, 0.3) is 0 Å². The summed E-state index contributed by atoms with van der Waals surface area (Å²) in [5.74, 6) is -1.20. The highest BCUT2D eigenvalue weighted by atomic mass is 16.4. The van der Waals surface area contributed by atoms with Gasteiger partial charge in [-0.1, -0.05) is 37.6 Å². The molecule has 0 aliphatic carbocycles. The van der Waals surface area contributed by atoms with Crippen LogP contribution in [0, 0.1) is 0 Å². The van der Waals surface area contributed by atoms with Crippen molar-refractivity contribution < 1.29 is 19.6 Å².